The number of esters is 2. The number of fused-ring (bicyclic) bond motifs is 3. The molecule has 0 bridgehead atoms. The van der Waals surface area contributed by atoms with Gasteiger partial charge in [-0.15, -0.1) is 0 Å². The number of rotatable bonds is 0. The molecule has 0 N–H and O–H groups in total. The Morgan fingerprint density at radius 1 is 0.440 bits per heavy atom. The van der Waals surface area contributed by atoms with Gasteiger partial charge in [-0.1, -0.05) is 36.4 Å². The minimum Gasteiger partial charge on any atom is -0.450 e. The molecule has 0 fully saturated rings. The van der Waals surface area contributed by atoms with Crippen molar-refractivity contribution < 1.29 is 23.8 Å². The van der Waals surface area contributed by atoms with Crippen LogP contribution in [0.3, 0.4) is 0 Å². The first-order chi connectivity index (χ1) is 12.2. The van der Waals surface area contributed by atoms with Gasteiger partial charge in [-0.3, -0.25) is 0 Å². The van der Waals surface area contributed by atoms with Gasteiger partial charge in [-0.25, -0.2) is 9.59 Å². The van der Waals surface area contributed by atoms with Crippen molar-refractivity contribution in [3.8, 4) is 23.0 Å². The largest absolute Gasteiger partial charge is 0.450 e. The predicted molar refractivity (Wildman–Crippen MR) is 89.3 cm³/mol. The summed E-state index contributed by atoms with van der Waals surface area (Å²) in [6, 6.07) is 19.9. The Morgan fingerprint density at radius 3 is 1.16 bits per heavy atom. The van der Waals surface area contributed by atoms with Crippen molar-refractivity contribution in [2.24, 2.45) is 0 Å². The molecule has 0 unspecified atom stereocenters. The van der Waals surface area contributed by atoms with E-state index in [0.29, 0.717) is 11.5 Å². The standard InChI is InChI=1S/C20H12O5/c21-19-13-7-1-2-8-14(13)20(22)25-18-12-6-4-10-16(18)23-15-9-3-5-11-17(15)24-19/h1-12H. The highest BCUT2D eigenvalue weighted by Gasteiger charge is 2.23. The van der Waals surface area contributed by atoms with E-state index in [1.54, 1.807) is 60.7 Å². The third-order valence-electron chi connectivity index (χ3n) is 3.69. The van der Waals surface area contributed by atoms with Gasteiger partial charge in [0.05, 0.1) is 11.1 Å². The summed E-state index contributed by atoms with van der Waals surface area (Å²) in [6.45, 7) is 0. The van der Waals surface area contributed by atoms with Crippen molar-refractivity contribution in [2.75, 3.05) is 0 Å². The Balaban J connectivity index is 1.91. The highest BCUT2D eigenvalue weighted by Crippen LogP contribution is 2.37. The molecule has 4 rings (SSSR count). The first kappa shape index (κ1) is 15.0. The molecule has 0 aliphatic carbocycles. The van der Waals surface area contributed by atoms with Crippen LogP contribution in [0.15, 0.2) is 72.8 Å². The van der Waals surface area contributed by atoms with Crippen molar-refractivity contribution in [1.82, 2.24) is 0 Å². The maximum atomic E-state index is 12.5. The van der Waals surface area contributed by atoms with E-state index in [1.165, 1.54) is 12.1 Å². The Hall–Kier alpha value is -3.60. The summed E-state index contributed by atoms with van der Waals surface area (Å²) in [5.74, 6) is -0.112. The van der Waals surface area contributed by atoms with Crippen LogP contribution in [0.1, 0.15) is 20.7 Å². The van der Waals surface area contributed by atoms with Crippen molar-refractivity contribution in [3.05, 3.63) is 83.9 Å². The van der Waals surface area contributed by atoms with Crippen LogP contribution < -0.4 is 14.2 Å². The summed E-state index contributed by atoms with van der Waals surface area (Å²) >= 11 is 0. The topological polar surface area (TPSA) is 61.8 Å². The lowest BCUT2D eigenvalue weighted by Crippen LogP contribution is -2.17. The summed E-state index contributed by atoms with van der Waals surface area (Å²) in [4.78, 5) is 25.1. The average Bonchev–Trinajstić information content (AvgIpc) is 2.65. The van der Waals surface area contributed by atoms with Crippen molar-refractivity contribution in [3.63, 3.8) is 0 Å². The number of benzene rings is 3. The van der Waals surface area contributed by atoms with Gasteiger partial charge in [0.25, 0.3) is 0 Å². The molecule has 0 saturated carbocycles. The van der Waals surface area contributed by atoms with Gasteiger partial charge in [0.15, 0.2) is 23.0 Å². The van der Waals surface area contributed by atoms with E-state index in [2.05, 4.69) is 0 Å². The van der Waals surface area contributed by atoms with Gasteiger partial charge in [0.2, 0.25) is 0 Å². The monoisotopic (exact) mass is 332 g/mol. The van der Waals surface area contributed by atoms with Crippen molar-refractivity contribution in [2.45, 2.75) is 0 Å². The first-order valence-corrected chi connectivity index (χ1v) is 7.62. The lowest BCUT2D eigenvalue weighted by Gasteiger charge is -2.12. The molecule has 0 amide bonds. The molecule has 122 valence electrons. The van der Waals surface area contributed by atoms with Gasteiger partial charge >= 0.3 is 11.9 Å². The Kier molecular flexibility index (Phi) is 3.67. The molecular formula is C20H12O5. The van der Waals surface area contributed by atoms with E-state index in [0.717, 1.165) is 0 Å². The lowest BCUT2D eigenvalue weighted by molar-refractivity contribution is 0.0693. The maximum absolute atomic E-state index is 12.5. The molecule has 5 heteroatoms. The summed E-state index contributed by atoms with van der Waals surface area (Å²) < 4.78 is 16.7. The molecule has 5 nitrogen and oxygen atoms in total. The van der Waals surface area contributed by atoms with E-state index in [9.17, 15) is 9.59 Å². The zero-order valence-corrected chi connectivity index (χ0v) is 13.0. The predicted octanol–water partition coefficient (Wildman–Crippen LogP) is 4.23. The number of ether oxygens (including phenoxy) is 3. The van der Waals surface area contributed by atoms with Gasteiger partial charge in [0, 0.05) is 0 Å². The molecule has 25 heavy (non-hydrogen) atoms. The number of carbonyl (C=O) groups excluding carboxylic acids is 2. The molecule has 0 aromatic heterocycles. The second kappa shape index (κ2) is 6.13. The van der Waals surface area contributed by atoms with Gasteiger partial charge in [0.1, 0.15) is 0 Å². The van der Waals surface area contributed by atoms with Crippen LogP contribution in [0, 0.1) is 0 Å². The van der Waals surface area contributed by atoms with E-state index in [-0.39, 0.29) is 22.6 Å². The van der Waals surface area contributed by atoms with Crippen LogP contribution >= 0.6 is 0 Å². The number of para-hydroxylation sites is 4. The lowest BCUT2D eigenvalue weighted by atomic mass is 10.1. The Morgan fingerprint density at radius 2 is 0.760 bits per heavy atom. The van der Waals surface area contributed by atoms with E-state index in [4.69, 9.17) is 14.2 Å². The van der Waals surface area contributed by atoms with Gasteiger partial charge in [-0.05, 0) is 36.4 Å². The second-order valence-electron chi connectivity index (χ2n) is 5.32. The Bertz CT molecular complexity index is 899. The summed E-state index contributed by atoms with van der Waals surface area (Å²) in [6.07, 6.45) is 0. The molecule has 0 saturated heterocycles. The molecule has 3 aromatic carbocycles. The molecule has 1 heterocycles. The van der Waals surface area contributed by atoms with Crippen molar-refractivity contribution in [1.29, 1.82) is 0 Å². The molecule has 0 atom stereocenters. The first-order valence-electron chi connectivity index (χ1n) is 7.62. The van der Waals surface area contributed by atoms with Crippen LogP contribution in [-0.4, -0.2) is 11.9 Å². The number of carbonyl (C=O) groups is 2. The summed E-state index contributed by atoms with van der Waals surface area (Å²) in [5, 5.41) is 0. The zero-order valence-electron chi connectivity index (χ0n) is 13.0. The molecule has 0 spiro atoms. The van der Waals surface area contributed by atoms with E-state index in [1.807, 2.05) is 0 Å². The molecular weight excluding hydrogens is 320 g/mol. The van der Waals surface area contributed by atoms with Gasteiger partial charge < -0.3 is 14.2 Å². The van der Waals surface area contributed by atoms with Crippen molar-refractivity contribution >= 4 is 11.9 Å². The van der Waals surface area contributed by atoms with Crippen LogP contribution in [0.2, 0.25) is 0 Å². The SMILES string of the molecule is O=C1Oc2ccccc2Oc2ccccc2OC(=O)c2ccccc21. The van der Waals surface area contributed by atoms with E-state index < -0.39 is 11.9 Å². The van der Waals surface area contributed by atoms with Crippen LogP contribution in [0.4, 0.5) is 0 Å². The maximum Gasteiger partial charge on any atom is 0.344 e. The minimum atomic E-state index is -0.658. The zero-order chi connectivity index (χ0) is 17.2. The smallest absolute Gasteiger partial charge is 0.344 e. The number of hydrogen-bond acceptors (Lipinski definition) is 5. The molecule has 1 aliphatic heterocycles. The fraction of sp³-hybridized carbons (Fsp3) is 0. The fourth-order valence-corrected chi connectivity index (χ4v) is 2.50. The fourth-order valence-electron chi connectivity index (χ4n) is 2.50. The average molecular weight is 332 g/mol. The quantitative estimate of drug-likeness (QED) is 0.455. The van der Waals surface area contributed by atoms with Crippen LogP contribution in [-0.2, 0) is 0 Å². The van der Waals surface area contributed by atoms with E-state index >= 15 is 0 Å². The van der Waals surface area contributed by atoms with Crippen LogP contribution in [0.25, 0.3) is 0 Å². The number of hydrogen-bond donors (Lipinski definition) is 0. The molecule has 1 aliphatic rings. The summed E-state index contributed by atoms with van der Waals surface area (Å²) in [7, 11) is 0. The van der Waals surface area contributed by atoms with Crippen LogP contribution in [0.5, 0.6) is 23.0 Å². The Labute approximate surface area is 143 Å². The molecule has 3 aromatic rings. The highest BCUT2D eigenvalue weighted by atomic mass is 16.6. The third kappa shape index (κ3) is 2.83. The van der Waals surface area contributed by atoms with Gasteiger partial charge in [-0.2, -0.15) is 0 Å². The third-order valence-corrected chi connectivity index (χ3v) is 3.69. The second-order valence-corrected chi connectivity index (χ2v) is 5.32. The normalized spacial score (nSPS) is 13.1. The summed E-state index contributed by atoms with van der Waals surface area (Å²) in [5.41, 5.74) is 0.253. The highest BCUT2D eigenvalue weighted by molar-refractivity contribution is 6.04. The molecule has 0 radical (unpaired) electrons. The minimum absolute atomic E-state index is 0.127.